The molecule has 4 nitrogen and oxygen atoms in total. The fraction of sp³-hybridized carbons (Fsp3) is 0.647. The molecule has 0 aliphatic carbocycles. The first kappa shape index (κ1) is 17.6. The average molecular weight is 371 g/mol. The molecular weight excluding hydrogens is 344 g/mol. The van der Waals surface area contributed by atoms with Crippen LogP contribution in [0.4, 0.5) is 0 Å². The Morgan fingerprint density at radius 1 is 1.32 bits per heavy atom. The molecule has 1 aromatic carbocycles. The Hall–Kier alpha value is -0.780. The number of hydrogen-bond acceptors (Lipinski definition) is 4. The minimum Gasteiger partial charge on any atom is -0.504 e. The molecule has 1 heterocycles. The number of halogens is 1. The van der Waals surface area contributed by atoms with Crippen LogP contribution < -0.4 is 10.1 Å². The number of benzene rings is 1. The summed E-state index contributed by atoms with van der Waals surface area (Å²) in [5.74, 6) is 0.825. The van der Waals surface area contributed by atoms with E-state index in [1.54, 1.807) is 7.11 Å². The maximum Gasteiger partial charge on any atom is 0.162 e. The van der Waals surface area contributed by atoms with E-state index in [0.717, 1.165) is 42.6 Å². The second-order valence-corrected chi connectivity index (χ2v) is 6.76. The first-order valence-corrected chi connectivity index (χ1v) is 8.97. The van der Waals surface area contributed by atoms with E-state index in [2.05, 4.69) is 33.1 Å². The first-order valence-electron chi connectivity index (χ1n) is 8.18. The SMILES string of the molecule is CCCCC[C@@H](c1cc(Br)cc(OC)c1O)N1CCNCC1. The molecule has 0 aromatic heterocycles. The summed E-state index contributed by atoms with van der Waals surface area (Å²) >= 11 is 3.54. The van der Waals surface area contributed by atoms with Gasteiger partial charge < -0.3 is 15.2 Å². The fourth-order valence-corrected chi connectivity index (χ4v) is 3.57. The van der Waals surface area contributed by atoms with Crippen LogP contribution in [0.1, 0.15) is 44.2 Å². The lowest BCUT2D eigenvalue weighted by Crippen LogP contribution is -2.45. The van der Waals surface area contributed by atoms with E-state index >= 15 is 0 Å². The third-order valence-electron chi connectivity index (χ3n) is 4.32. The molecule has 0 saturated carbocycles. The highest BCUT2D eigenvalue weighted by molar-refractivity contribution is 9.10. The number of phenols is 1. The summed E-state index contributed by atoms with van der Waals surface area (Å²) in [5, 5.41) is 14.0. The first-order chi connectivity index (χ1) is 10.7. The third-order valence-corrected chi connectivity index (χ3v) is 4.78. The van der Waals surface area contributed by atoms with Gasteiger partial charge in [-0.3, -0.25) is 4.90 Å². The third kappa shape index (κ3) is 4.37. The van der Waals surface area contributed by atoms with Crippen LogP contribution in [0.3, 0.4) is 0 Å². The number of nitrogens with one attached hydrogen (secondary N) is 1. The Morgan fingerprint density at radius 2 is 2.05 bits per heavy atom. The number of aromatic hydroxyl groups is 1. The van der Waals surface area contributed by atoms with Crippen molar-refractivity contribution in [3.8, 4) is 11.5 Å². The monoisotopic (exact) mass is 370 g/mol. The summed E-state index contributed by atoms with van der Waals surface area (Å²) in [4.78, 5) is 2.48. The number of rotatable bonds is 7. The van der Waals surface area contributed by atoms with Crippen LogP contribution in [0.15, 0.2) is 16.6 Å². The molecule has 124 valence electrons. The van der Waals surface area contributed by atoms with Gasteiger partial charge in [-0.05, 0) is 18.6 Å². The van der Waals surface area contributed by atoms with Crippen molar-refractivity contribution in [1.82, 2.24) is 10.2 Å². The maximum absolute atomic E-state index is 10.6. The van der Waals surface area contributed by atoms with E-state index in [-0.39, 0.29) is 11.8 Å². The molecule has 0 spiro atoms. The highest BCUT2D eigenvalue weighted by Gasteiger charge is 2.26. The minimum absolute atomic E-state index is 0.250. The normalized spacial score (nSPS) is 17.4. The number of nitrogens with zero attached hydrogens (tertiary/aromatic N) is 1. The van der Waals surface area contributed by atoms with E-state index in [0.29, 0.717) is 5.75 Å². The summed E-state index contributed by atoms with van der Waals surface area (Å²) in [6, 6.07) is 4.11. The van der Waals surface area contributed by atoms with Crippen molar-refractivity contribution in [3.63, 3.8) is 0 Å². The van der Waals surface area contributed by atoms with E-state index in [1.165, 1.54) is 19.3 Å². The van der Waals surface area contributed by atoms with Crippen LogP contribution in [-0.2, 0) is 0 Å². The van der Waals surface area contributed by atoms with Gasteiger partial charge in [0.15, 0.2) is 11.5 Å². The van der Waals surface area contributed by atoms with Crippen LogP contribution in [0.2, 0.25) is 0 Å². The number of unbranched alkanes of at least 4 members (excludes halogenated alkanes) is 2. The molecule has 1 saturated heterocycles. The Morgan fingerprint density at radius 3 is 2.68 bits per heavy atom. The van der Waals surface area contributed by atoms with Crippen LogP contribution >= 0.6 is 15.9 Å². The molecule has 22 heavy (non-hydrogen) atoms. The molecule has 2 N–H and O–H groups in total. The molecule has 1 aliphatic heterocycles. The zero-order chi connectivity index (χ0) is 15.9. The predicted molar refractivity (Wildman–Crippen MR) is 93.7 cm³/mol. The number of phenolic OH excluding ortho intramolecular Hbond substituents is 1. The summed E-state index contributed by atoms with van der Waals surface area (Å²) in [6.45, 7) is 6.28. The van der Waals surface area contributed by atoms with E-state index in [1.807, 2.05) is 12.1 Å². The van der Waals surface area contributed by atoms with E-state index in [9.17, 15) is 5.11 Å². The second-order valence-electron chi connectivity index (χ2n) is 5.84. The molecular formula is C17H27BrN2O2. The largest absolute Gasteiger partial charge is 0.504 e. The summed E-state index contributed by atoms with van der Waals surface area (Å²) in [5.41, 5.74) is 0.976. The van der Waals surface area contributed by atoms with Crippen molar-refractivity contribution in [3.05, 3.63) is 22.2 Å². The molecule has 0 radical (unpaired) electrons. The summed E-state index contributed by atoms with van der Waals surface area (Å²) in [6.07, 6.45) is 4.69. The van der Waals surface area contributed by atoms with Crippen LogP contribution in [0, 0.1) is 0 Å². The molecule has 1 fully saturated rings. The smallest absolute Gasteiger partial charge is 0.162 e. The lowest BCUT2D eigenvalue weighted by atomic mass is 9.97. The number of piperazine rings is 1. The van der Waals surface area contributed by atoms with E-state index in [4.69, 9.17) is 4.74 Å². The van der Waals surface area contributed by atoms with Gasteiger partial charge in [0.25, 0.3) is 0 Å². The van der Waals surface area contributed by atoms with Gasteiger partial charge in [-0.15, -0.1) is 0 Å². The van der Waals surface area contributed by atoms with Crippen molar-refractivity contribution in [2.75, 3.05) is 33.3 Å². The molecule has 0 bridgehead atoms. The zero-order valence-electron chi connectivity index (χ0n) is 13.6. The minimum atomic E-state index is 0.250. The van der Waals surface area contributed by atoms with Crippen LogP contribution in [-0.4, -0.2) is 43.3 Å². The molecule has 5 heteroatoms. The van der Waals surface area contributed by atoms with E-state index < -0.39 is 0 Å². The highest BCUT2D eigenvalue weighted by Crippen LogP contribution is 2.40. The van der Waals surface area contributed by atoms with Crippen LogP contribution in [0.5, 0.6) is 11.5 Å². The molecule has 2 rings (SSSR count). The van der Waals surface area contributed by atoms with Gasteiger partial charge in [0.2, 0.25) is 0 Å². The lowest BCUT2D eigenvalue weighted by molar-refractivity contribution is 0.159. The Bertz CT molecular complexity index is 476. The summed E-state index contributed by atoms with van der Waals surface area (Å²) < 4.78 is 6.27. The number of ether oxygens (including phenoxy) is 1. The van der Waals surface area contributed by atoms with Gasteiger partial charge in [0.05, 0.1) is 7.11 Å². The van der Waals surface area contributed by atoms with Crippen molar-refractivity contribution < 1.29 is 9.84 Å². The van der Waals surface area contributed by atoms with Gasteiger partial charge in [-0.1, -0.05) is 42.1 Å². The molecule has 0 unspecified atom stereocenters. The molecule has 1 atom stereocenters. The van der Waals surface area contributed by atoms with Gasteiger partial charge in [0.1, 0.15) is 0 Å². The average Bonchev–Trinajstić information content (AvgIpc) is 2.54. The fourth-order valence-electron chi connectivity index (χ4n) is 3.12. The Kier molecular flexibility index (Phi) is 6.99. The quantitative estimate of drug-likeness (QED) is 0.718. The second kappa shape index (κ2) is 8.75. The topological polar surface area (TPSA) is 44.7 Å². The summed E-state index contributed by atoms with van der Waals surface area (Å²) in [7, 11) is 1.60. The van der Waals surface area contributed by atoms with Gasteiger partial charge >= 0.3 is 0 Å². The van der Waals surface area contributed by atoms with Gasteiger partial charge in [0, 0.05) is 42.3 Å². The molecule has 1 aromatic rings. The number of methoxy groups -OCH3 is 1. The highest BCUT2D eigenvalue weighted by atomic mass is 79.9. The lowest BCUT2D eigenvalue weighted by Gasteiger charge is -2.36. The predicted octanol–water partition coefficient (Wildman–Crippen LogP) is 3.69. The standard InChI is InChI=1S/C17H27BrN2O2/c1-3-4-5-6-15(20-9-7-19-8-10-20)14-11-13(18)12-16(22-2)17(14)21/h11-12,15,19,21H,3-10H2,1-2H3/t15-/m0/s1. The molecule has 0 amide bonds. The van der Waals surface area contributed by atoms with Crippen molar-refractivity contribution in [1.29, 1.82) is 0 Å². The Labute approximate surface area is 142 Å². The van der Waals surface area contributed by atoms with Crippen LogP contribution in [0.25, 0.3) is 0 Å². The van der Waals surface area contributed by atoms with Gasteiger partial charge in [-0.2, -0.15) is 0 Å². The Balaban J connectivity index is 2.28. The number of hydrogen-bond donors (Lipinski definition) is 2. The zero-order valence-corrected chi connectivity index (χ0v) is 15.2. The van der Waals surface area contributed by atoms with Crippen molar-refractivity contribution in [2.45, 2.75) is 38.6 Å². The maximum atomic E-state index is 10.6. The van der Waals surface area contributed by atoms with Gasteiger partial charge in [-0.25, -0.2) is 0 Å². The molecule has 1 aliphatic rings. The van der Waals surface area contributed by atoms with Crippen molar-refractivity contribution in [2.24, 2.45) is 0 Å². The van der Waals surface area contributed by atoms with Crippen molar-refractivity contribution >= 4 is 15.9 Å².